The highest BCUT2D eigenvalue weighted by Gasteiger charge is 1.76. The molecule has 11 heavy (non-hydrogen) atoms. The van der Waals surface area contributed by atoms with Crippen molar-refractivity contribution >= 4 is 6.29 Å². The van der Waals surface area contributed by atoms with Crippen molar-refractivity contribution in [3.05, 3.63) is 49.6 Å². The predicted octanol–water partition coefficient (Wildman–Crippen LogP) is 2.68. The van der Waals surface area contributed by atoms with Crippen molar-refractivity contribution in [3.8, 4) is 0 Å². The van der Waals surface area contributed by atoms with Crippen molar-refractivity contribution in [2.24, 2.45) is 0 Å². The van der Waals surface area contributed by atoms with Gasteiger partial charge in [-0.3, -0.25) is 4.79 Å². The Hall–Kier alpha value is -1.37. The highest BCUT2D eigenvalue weighted by Crippen LogP contribution is 1.95. The third-order valence-electron chi connectivity index (χ3n) is 0.936. The molecule has 0 rings (SSSR count). The van der Waals surface area contributed by atoms with Crippen LogP contribution in [0.4, 0.5) is 0 Å². The largest absolute Gasteiger partial charge is 0.299 e. The maximum atomic E-state index is 9.79. The van der Waals surface area contributed by atoms with E-state index in [4.69, 9.17) is 0 Å². The van der Waals surface area contributed by atoms with Gasteiger partial charge < -0.3 is 0 Å². The molecule has 0 saturated heterocycles. The number of carbonyl (C=O) groups is 1. The molecule has 0 amide bonds. The molecule has 0 fully saturated rings. The van der Waals surface area contributed by atoms with Gasteiger partial charge in [0.05, 0.1) is 0 Å². The van der Waals surface area contributed by atoms with E-state index in [2.05, 4.69) is 19.7 Å². The minimum Gasteiger partial charge on any atom is -0.299 e. The summed E-state index contributed by atoms with van der Waals surface area (Å²) in [6.07, 6.45) is 7.47. The van der Waals surface area contributed by atoms with Crippen LogP contribution >= 0.6 is 0 Å². The van der Waals surface area contributed by atoms with Gasteiger partial charge in [-0.25, -0.2) is 0 Å². The van der Waals surface area contributed by atoms with E-state index in [1.807, 2.05) is 13.0 Å². The second-order valence-electron chi connectivity index (χ2n) is 1.49. The summed E-state index contributed by atoms with van der Waals surface area (Å²) in [6, 6.07) is 0. The molecule has 0 aromatic heterocycles. The third kappa shape index (κ3) is 8.63. The smallest absolute Gasteiger partial charge is 0.142 e. The van der Waals surface area contributed by atoms with Gasteiger partial charge in [-0.2, -0.15) is 0 Å². The zero-order valence-corrected chi connectivity index (χ0v) is 6.92. The van der Waals surface area contributed by atoms with Crippen molar-refractivity contribution in [2.75, 3.05) is 0 Å². The summed E-state index contributed by atoms with van der Waals surface area (Å²) in [5, 5.41) is 0. The van der Waals surface area contributed by atoms with Crippen LogP contribution in [0.15, 0.2) is 49.6 Å². The Morgan fingerprint density at radius 2 is 1.91 bits per heavy atom. The summed E-state index contributed by atoms with van der Waals surface area (Å²) in [5.74, 6) is 0. The molecule has 60 valence electrons. The van der Waals surface area contributed by atoms with Crippen LogP contribution in [0.2, 0.25) is 0 Å². The van der Waals surface area contributed by atoms with E-state index in [1.165, 1.54) is 6.08 Å². The zero-order valence-electron chi connectivity index (χ0n) is 6.92. The maximum Gasteiger partial charge on any atom is 0.142 e. The van der Waals surface area contributed by atoms with Gasteiger partial charge >= 0.3 is 0 Å². The lowest BCUT2D eigenvalue weighted by Gasteiger charge is -1.84. The summed E-state index contributed by atoms with van der Waals surface area (Å²) in [5.41, 5.74) is 0.960. The Morgan fingerprint density at radius 3 is 2.18 bits per heavy atom. The molecule has 0 unspecified atom stereocenters. The number of hydrogen-bond acceptors (Lipinski definition) is 1. The molecule has 1 nitrogen and oxygen atoms in total. The second-order valence-corrected chi connectivity index (χ2v) is 1.49. The lowest BCUT2D eigenvalue weighted by molar-refractivity contribution is -0.104. The lowest BCUT2D eigenvalue weighted by Crippen LogP contribution is -1.67. The van der Waals surface area contributed by atoms with Crippen molar-refractivity contribution in [2.45, 2.75) is 6.92 Å². The average molecular weight is 150 g/mol. The highest BCUT2D eigenvalue weighted by molar-refractivity contribution is 5.66. The van der Waals surface area contributed by atoms with Crippen LogP contribution in [0.25, 0.3) is 0 Å². The van der Waals surface area contributed by atoms with Gasteiger partial charge in [-0.05, 0) is 18.6 Å². The van der Waals surface area contributed by atoms with E-state index < -0.39 is 0 Å². The first-order chi connectivity index (χ1) is 5.35. The van der Waals surface area contributed by atoms with Gasteiger partial charge in [0.1, 0.15) is 6.29 Å². The average Bonchev–Trinajstić information content (AvgIpc) is 2.10. The predicted molar refractivity (Wildman–Crippen MR) is 50.4 cm³/mol. The topological polar surface area (TPSA) is 17.1 Å². The number of allylic oxidation sites excluding steroid dienone is 5. The van der Waals surface area contributed by atoms with E-state index in [-0.39, 0.29) is 0 Å². The van der Waals surface area contributed by atoms with Crippen molar-refractivity contribution in [1.29, 1.82) is 0 Å². The van der Waals surface area contributed by atoms with Gasteiger partial charge in [-0.15, -0.1) is 13.2 Å². The SMILES string of the molecule is C=C.C=CC(/C=C/C=O)=C\C. The van der Waals surface area contributed by atoms with Gasteiger partial charge in [0, 0.05) is 0 Å². The van der Waals surface area contributed by atoms with E-state index >= 15 is 0 Å². The van der Waals surface area contributed by atoms with E-state index in [9.17, 15) is 4.79 Å². The summed E-state index contributed by atoms with van der Waals surface area (Å²) >= 11 is 0. The lowest BCUT2D eigenvalue weighted by atomic mass is 10.2. The van der Waals surface area contributed by atoms with E-state index in [1.54, 1.807) is 12.2 Å². The molecule has 0 radical (unpaired) electrons. The third-order valence-corrected chi connectivity index (χ3v) is 0.936. The molecule has 0 aromatic carbocycles. The monoisotopic (exact) mass is 150 g/mol. The second kappa shape index (κ2) is 11.4. The molecule has 0 aliphatic heterocycles. The molecular formula is C10H14O. The maximum absolute atomic E-state index is 9.79. The van der Waals surface area contributed by atoms with Crippen LogP contribution < -0.4 is 0 Å². The van der Waals surface area contributed by atoms with Crippen LogP contribution in [0.5, 0.6) is 0 Å². The quantitative estimate of drug-likeness (QED) is 0.261. The molecular weight excluding hydrogens is 136 g/mol. The highest BCUT2D eigenvalue weighted by atomic mass is 16.1. The Morgan fingerprint density at radius 1 is 1.36 bits per heavy atom. The molecule has 0 heterocycles. The Balaban J connectivity index is 0. The fourth-order valence-electron chi connectivity index (χ4n) is 0.433. The molecule has 0 aromatic rings. The van der Waals surface area contributed by atoms with E-state index in [0.29, 0.717) is 0 Å². The molecule has 0 saturated carbocycles. The molecule has 0 bridgehead atoms. The van der Waals surface area contributed by atoms with Crippen LogP contribution in [0.1, 0.15) is 6.92 Å². The first-order valence-electron chi connectivity index (χ1n) is 3.25. The van der Waals surface area contributed by atoms with Gasteiger partial charge in [-0.1, -0.05) is 24.8 Å². The first-order valence-corrected chi connectivity index (χ1v) is 3.25. The number of aldehydes is 1. The van der Waals surface area contributed by atoms with Crippen LogP contribution in [0.3, 0.4) is 0 Å². The molecule has 0 N–H and O–H groups in total. The summed E-state index contributed by atoms with van der Waals surface area (Å²) in [6.45, 7) is 11.4. The molecule has 1 heteroatoms. The Kier molecular flexibility index (Phi) is 12.8. The number of hydrogen-bond donors (Lipinski definition) is 0. The summed E-state index contributed by atoms with van der Waals surface area (Å²) < 4.78 is 0. The van der Waals surface area contributed by atoms with Crippen LogP contribution in [0, 0.1) is 0 Å². The minimum atomic E-state index is 0.743. The molecule has 0 atom stereocenters. The van der Waals surface area contributed by atoms with Crippen LogP contribution in [-0.2, 0) is 4.79 Å². The Labute approximate surface area is 68.4 Å². The minimum absolute atomic E-state index is 0.743. The zero-order chi connectivity index (χ0) is 9.11. The van der Waals surface area contributed by atoms with Gasteiger partial charge in [0.25, 0.3) is 0 Å². The fourth-order valence-corrected chi connectivity index (χ4v) is 0.433. The van der Waals surface area contributed by atoms with Crippen molar-refractivity contribution in [1.82, 2.24) is 0 Å². The molecule has 0 spiro atoms. The molecule has 0 aliphatic carbocycles. The standard InChI is InChI=1S/C8H10O.C2H4/c1-3-8(4-2)6-5-7-9;1-2/h3-7H,1H2,2H3;1-2H2/b6-5+,8-4+;. The first kappa shape index (κ1) is 12.3. The summed E-state index contributed by atoms with van der Waals surface area (Å²) in [7, 11) is 0. The number of rotatable bonds is 3. The normalized spacial score (nSPS) is 10.1. The van der Waals surface area contributed by atoms with E-state index in [0.717, 1.165) is 11.9 Å². The fraction of sp³-hybridized carbons (Fsp3) is 0.100. The number of carbonyl (C=O) groups excluding carboxylic acids is 1. The van der Waals surface area contributed by atoms with Gasteiger partial charge in [0.15, 0.2) is 0 Å². The summed E-state index contributed by atoms with van der Waals surface area (Å²) in [4.78, 5) is 9.79. The van der Waals surface area contributed by atoms with Crippen molar-refractivity contribution in [3.63, 3.8) is 0 Å². The van der Waals surface area contributed by atoms with Gasteiger partial charge in [0.2, 0.25) is 0 Å². The molecule has 0 aliphatic rings. The van der Waals surface area contributed by atoms with Crippen molar-refractivity contribution < 1.29 is 4.79 Å². The van der Waals surface area contributed by atoms with Crippen LogP contribution in [-0.4, -0.2) is 6.29 Å². The Bertz CT molecular complexity index is 164.